The van der Waals surface area contributed by atoms with E-state index in [0.29, 0.717) is 39.2 Å². The van der Waals surface area contributed by atoms with Gasteiger partial charge >= 0.3 is 0 Å². The van der Waals surface area contributed by atoms with Crippen LogP contribution in [0.25, 0.3) is 6.08 Å². The van der Waals surface area contributed by atoms with Gasteiger partial charge in [-0.15, -0.1) is 22.0 Å². The fourth-order valence-corrected chi connectivity index (χ4v) is 5.08. The molecule has 0 radical (unpaired) electrons. The van der Waals surface area contributed by atoms with Crippen molar-refractivity contribution in [3.8, 4) is 17.2 Å². The van der Waals surface area contributed by atoms with Gasteiger partial charge in [-0.1, -0.05) is 29.5 Å². The number of carbonyl (C=O) groups is 3. The highest BCUT2D eigenvalue weighted by Crippen LogP contribution is 2.38. The van der Waals surface area contributed by atoms with E-state index in [9.17, 15) is 14.4 Å². The van der Waals surface area contributed by atoms with Crippen LogP contribution in [0.15, 0.2) is 77.3 Å². The van der Waals surface area contributed by atoms with Crippen LogP contribution in [-0.4, -0.2) is 55.0 Å². The number of aromatic nitrogens is 2. The molecule has 222 valence electrons. The number of aryl methyl sites for hydroxylation is 1. The molecule has 43 heavy (non-hydrogen) atoms. The molecule has 13 heteroatoms. The Morgan fingerprint density at radius 2 is 1.56 bits per heavy atom. The van der Waals surface area contributed by atoms with Gasteiger partial charge in [-0.05, 0) is 67.1 Å². The molecule has 0 atom stereocenters. The summed E-state index contributed by atoms with van der Waals surface area (Å²) in [6.07, 6.45) is 1.52. The fourth-order valence-electron chi connectivity index (χ4n) is 3.78. The second-order valence-corrected chi connectivity index (χ2v) is 11.0. The molecule has 1 aromatic heterocycles. The molecule has 4 aromatic rings. The normalized spacial score (nSPS) is 10.9. The number of hydrogen-bond donors (Lipinski definition) is 3. The molecule has 0 bridgehead atoms. The zero-order valence-corrected chi connectivity index (χ0v) is 25.4. The maximum Gasteiger partial charge on any atom is 0.272 e. The molecule has 0 aliphatic heterocycles. The third-order valence-electron chi connectivity index (χ3n) is 5.78. The third kappa shape index (κ3) is 8.56. The number of nitrogens with one attached hydrogen (secondary N) is 3. The number of ether oxygens (including phenoxy) is 3. The van der Waals surface area contributed by atoms with Gasteiger partial charge in [0.05, 0.1) is 27.1 Å². The molecule has 4 rings (SSSR count). The minimum absolute atomic E-state index is 0.00911. The number of carbonyl (C=O) groups excluding carboxylic acids is 3. The first-order valence-corrected chi connectivity index (χ1v) is 14.6. The average Bonchev–Trinajstić information content (AvgIpc) is 3.43. The predicted molar refractivity (Wildman–Crippen MR) is 167 cm³/mol. The van der Waals surface area contributed by atoms with E-state index in [1.54, 1.807) is 66.7 Å². The molecular weight excluding hydrogens is 590 g/mol. The molecule has 0 aliphatic carbocycles. The van der Waals surface area contributed by atoms with Gasteiger partial charge in [0.15, 0.2) is 11.5 Å². The summed E-state index contributed by atoms with van der Waals surface area (Å²) in [7, 11) is 4.47. The number of anilines is 2. The van der Waals surface area contributed by atoms with Crippen LogP contribution in [0, 0.1) is 6.92 Å². The van der Waals surface area contributed by atoms with Gasteiger partial charge in [-0.2, -0.15) is 0 Å². The van der Waals surface area contributed by atoms with Crippen molar-refractivity contribution < 1.29 is 28.6 Å². The van der Waals surface area contributed by atoms with Crippen molar-refractivity contribution in [3.63, 3.8) is 0 Å². The zero-order chi connectivity index (χ0) is 30.8. The van der Waals surface area contributed by atoms with Crippen LogP contribution < -0.4 is 30.2 Å². The Hall–Kier alpha value is -4.88. The minimum atomic E-state index is -0.551. The Morgan fingerprint density at radius 3 is 2.14 bits per heavy atom. The van der Waals surface area contributed by atoms with E-state index in [0.717, 1.165) is 9.90 Å². The molecule has 3 N–H and O–H groups in total. The average molecular weight is 620 g/mol. The largest absolute Gasteiger partial charge is 0.493 e. The number of thioether (sulfide) groups is 1. The van der Waals surface area contributed by atoms with E-state index < -0.39 is 11.8 Å². The second kappa shape index (κ2) is 14.8. The number of nitrogens with zero attached hydrogens (tertiary/aromatic N) is 2. The Balaban J connectivity index is 1.50. The highest BCUT2D eigenvalue weighted by Gasteiger charge is 2.18. The number of benzene rings is 3. The summed E-state index contributed by atoms with van der Waals surface area (Å²) in [5.41, 5.74) is 1.40. The quantitative estimate of drug-likeness (QED) is 0.147. The van der Waals surface area contributed by atoms with Gasteiger partial charge in [0.1, 0.15) is 10.7 Å². The van der Waals surface area contributed by atoms with Gasteiger partial charge in [-0.3, -0.25) is 19.7 Å². The molecule has 3 aromatic carbocycles. The van der Waals surface area contributed by atoms with Crippen molar-refractivity contribution in [1.82, 2.24) is 15.5 Å². The van der Waals surface area contributed by atoms with Gasteiger partial charge < -0.3 is 24.8 Å². The number of methoxy groups -OCH3 is 3. The third-order valence-corrected chi connectivity index (χ3v) is 7.55. The fraction of sp³-hybridized carbons (Fsp3) is 0.167. The molecule has 0 saturated heterocycles. The molecule has 0 fully saturated rings. The van der Waals surface area contributed by atoms with E-state index >= 15 is 0 Å². The van der Waals surface area contributed by atoms with Crippen molar-refractivity contribution in [3.05, 3.63) is 88.6 Å². The van der Waals surface area contributed by atoms with Gasteiger partial charge in [0.25, 0.3) is 11.8 Å². The van der Waals surface area contributed by atoms with Crippen LogP contribution in [0.2, 0.25) is 0 Å². The Morgan fingerprint density at radius 1 is 0.884 bits per heavy atom. The van der Waals surface area contributed by atoms with Crippen LogP contribution in [0.1, 0.15) is 20.9 Å². The Bertz CT molecular complexity index is 1600. The summed E-state index contributed by atoms with van der Waals surface area (Å²) in [6, 6.07) is 18.9. The Labute approximate surface area is 256 Å². The molecule has 3 amide bonds. The molecule has 0 unspecified atom stereocenters. The molecule has 1 heterocycles. The van der Waals surface area contributed by atoms with E-state index in [-0.39, 0.29) is 17.4 Å². The van der Waals surface area contributed by atoms with Gasteiger partial charge in [-0.25, -0.2) is 0 Å². The summed E-state index contributed by atoms with van der Waals surface area (Å²) in [5, 5.41) is 17.2. The van der Waals surface area contributed by atoms with Crippen molar-refractivity contribution in [2.75, 3.05) is 37.7 Å². The molecule has 0 aliphatic rings. The van der Waals surface area contributed by atoms with Crippen molar-refractivity contribution >= 4 is 57.7 Å². The smallest absolute Gasteiger partial charge is 0.272 e. The van der Waals surface area contributed by atoms with Crippen molar-refractivity contribution in [2.45, 2.75) is 11.8 Å². The Kier molecular flexibility index (Phi) is 10.7. The molecule has 0 saturated carbocycles. The van der Waals surface area contributed by atoms with E-state index in [1.807, 2.05) is 6.92 Å². The molecular formula is C30H29N5O6S2. The predicted octanol–water partition coefficient (Wildman–Crippen LogP) is 5.01. The summed E-state index contributed by atoms with van der Waals surface area (Å²) >= 11 is 2.64. The first-order chi connectivity index (χ1) is 20.8. The first kappa shape index (κ1) is 31.1. The maximum absolute atomic E-state index is 13.4. The lowest BCUT2D eigenvalue weighted by atomic mass is 10.1. The number of rotatable bonds is 12. The highest BCUT2D eigenvalue weighted by atomic mass is 32.2. The lowest BCUT2D eigenvalue weighted by Gasteiger charge is -2.15. The van der Waals surface area contributed by atoms with E-state index in [1.165, 1.54) is 50.5 Å². The molecule has 0 spiro atoms. The van der Waals surface area contributed by atoms with Crippen molar-refractivity contribution in [1.29, 1.82) is 0 Å². The monoisotopic (exact) mass is 619 g/mol. The zero-order valence-electron chi connectivity index (χ0n) is 23.8. The summed E-state index contributed by atoms with van der Waals surface area (Å²) in [6.45, 7) is 1.81. The van der Waals surface area contributed by atoms with Gasteiger partial charge in [0.2, 0.25) is 16.8 Å². The van der Waals surface area contributed by atoms with Crippen LogP contribution in [0.5, 0.6) is 17.2 Å². The van der Waals surface area contributed by atoms with Crippen LogP contribution in [0.4, 0.5) is 10.8 Å². The minimum Gasteiger partial charge on any atom is -0.493 e. The summed E-state index contributed by atoms with van der Waals surface area (Å²) in [5.74, 6) is 0.150. The SMILES string of the molecule is COc1cc(/C=C(\NC(=O)c2ccccc2)C(=O)Nc2ccc(SCC(=O)Nc3nnc(C)s3)cc2)cc(OC)c1OC. The summed E-state index contributed by atoms with van der Waals surface area (Å²) < 4.78 is 16.2. The number of hydrogen-bond acceptors (Lipinski definition) is 10. The summed E-state index contributed by atoms with van der Waals surface area (Å²) in [4.78, 5) is 39.5. The number of amides is 3. The first-order valence-electron chi connectivity index (χ1n) is 12.8. The lowest BCUT2D eigenvalue weighted by molar-refractivity contribution is -0.114. The van der Waals surface area contributed by atoms with Crippen LogP contribution in [0.3, 0.4) is 0 Å². The topological polar surface area (TPSA) is 141 Å². The maximum atomic E-state index is 13.4. The highest BCUT2D eigenvalue weighted by molar-refractivity contribution is 8.00. The van der Waals surface area contributed by atoms with E-state index in [4.69, 9.17) is 14.2 Å². The van der Waals surface area contributed by atoms with Gasteiger partial charge in [0, 0.05) is 16.1 Å². The van der Waals surface area contributed by atoms with Crippen LogP contribution >= 0.6 is 23.1 Å². The standard InChI is InChI=1S/C30H29N5O6S2/c1-18-34-35-30(43-18)33-26(36)17-42-22-12-10-21(11-13-22)31-29(38)23(32-28(37)20-8-6-5-7-9-20)14-19-15-24(39-2)27(41-4)25(16-19)40-3/h5-16H,17H2,1-4H3,(H,31,38)(H,32,37)(H,33,35,36)/b23-14-. The molecule has 11 nitrogen and oxygen atoms in total. The van der Waals surface area contributed by atoms with E-state index in [2.05, 4.69) is 26.1 Å². The second-order valence-electron chi connectivity index (χ2n) is 8.78. The lowest BCUT2D eigenvalue weighted by Crippen LogP contribution is -2.30. The van der Waals surface area contributed by atoms with Crippen LogP contribution in [-0.2, 0) is 9.59 Å². The van der Waals surface area contributed by atoms with Crippen molar-refractivity contribution in [2.24, 2.45) is 0 Å².